The topological polar surface area (TPSA) is 72.5 Å². The van der Waals surface area contributed by atoms with Gasteiger partial charge in [-0.15, -0.1) is 0 Å². The van der Waals surface area contributed by atoms with Gasteiger partial charge in [0.05, 0.1) is 12.2 Å². The number of ketones is 1. The first kappa shape index (κ1) is 14.9. The van der Waals surface area contributed by atoms with Crippen molar-refractivity contribution < 1.29 is 19.1 Å². The number of esters is 1. The summed E-state index contributed by atoms with van der Waals surface area (Å²) in [6, 6.07) is 6.41. The highest BCUT2D eigenvalue weighted by molar-refractivity contribution is 5.94. The smallest absolute Gasteiger partial charge is 0.338 e. The van der Waals surface area contributed by atoms with Crippen molar-refractivity contribution in [2.24, 2.45) is 0 Å². The molecule has 0 saturated heterocycles. The Labute approximate surface area is 111 Å². The van der Waals surface area contributed by atoms with Crippen molar-refractivity contribution in [2.75, 3.05) is 11.9 Å². The third kappa shape index (κ3) is 5.33. The Hall–Kier alpha value is -2.17. The maximum absolute atomic E-state index is 11.5. The summed E-state index contributed by atoms with van der Waals surface area (Å²) >= 11 is 0. The van der Waals surface area contributed by atoms with E-state index >= 15 is 0 Å². The number of hydrogen-bond acceptors (Lipinski definition) is 4. The highest BCUT2D eigenvalue weighted by atomic mass is 16.5. The predicted molar refractivity (Wildman–Crippen MR) is 70.9 cm³/mol. The summed E-state index contributed by atoms with van der Waals surface area (Å²) in [6.07, 6.45) is 0.391. The first-order valence-corrected chi connectivity index (χ1v) is 6.09. The van der Waals surface area contributed by atoms with Gasteiger partial charge in [-0.05, 0) is 38.1 Å². The number of anilines is 1. The largest absolute Gasteiger partial charge is 0.462 e. The second-order valence-corrected chi connectivity index (χ2v) is 4.05. The lowest BCUT2D eigenvalue weighted by molar-refractivity contribution is -0.121. The molecule has 5 heteroatoms. The zero-order valence-corrected chi connectivity index (χ0v) is 11.1. The lowest BCUT2D eigenvalue weighted by atomic mass is 10.2. The molecule has 1 rings (SSSR count). The SMILES string of the molecule is CCOC(=O)c1ccc(NC(=O)CCC(C)=O)cc1. The van der Waals surface area contributed by atoms with Crippen LogP contribution in [0.2, 0.25) is 0 Å². The number of benzene rings is 1. The third-order valence-electron chi connectivity index (χ3n) is 2.38. The minimum absolute atomic E-state index is 0.0205. The molecule has 0 spiro atoms. The molecule has 1 N–H and O–H groups in total. The number of Topliss-reactive ketones (excluding diaryl/α,β-unsaturated/α-hetero) is 1. The van der Waals surface area contributed by atoms with E-state index < -0.39 is 5.97 Å². The van der Waals surface area contributed by atoms with E-state index in [2.05, 4.69) is 5.32 Å². The summed E-state index contributed by atoms with van der Waals surface area (Å²) in [5.41, 5.74) is 1.02. The maximum Gasteiger partial charge on any atom is 0.338 e. The average Bonchev–Trinajstić information content (AvgIpc) is 2.37. The molecule has 0 bridgehead atoms. The van der Waals surface area contributed by atoms with Gasteiger partial charge in [-0.3, -0.25) is 4.79 Å². The number of nitrogens with one attached hydrogen (secondary N) is 1. The van der Waals surface area contributed by atoms with Crippen molar-refractivity contribution in [3.63, 3.8) is 0 Å². The quantitative estimate of drug-likeness (QED) is 0.798. The fourth-order valence-corrected chi connectivity index (χ4v) is 1.42. The fourth-order valence-electron chi connectivity index (χ4n) is 1.42. The minimum atomic E-state index is -0.392. The van der Waals surface area contributed by atoms with Crippen molar-refractivity contribution in [2.45, 2.75) is 26.7 Å². The molecular formula is C14H17NO4. The number of hydrogen-bond donors (Lipinski definition) is 1. The summed E-state index contributed by atoms with van der Waals surface area (Å²) in [4.78, 5) is 33.6. The molecule has 5 nitrogen and oxygen atoms in total. The molecule has 102 valence electrons. The van der Waals surface area contributed by atoms with Crippen molar-refractivity contribution in [3.05, 3.63) is 29.8 Å². The Morgan fingerprint density at radius 3 is 2.26 bits per heavy atom. The van der Waals surface area contributed by atoms with Crippen molar-refractivity contribution in [3.8, 4) is 0 Å². The van der Waals surface area contributed by atoms with Gasteiger partial charge < -0.3 is 14.8 Å². The van der Waals surface area contributed by atoms with Crippen LogP contribution in [0.4, 0.5) is 5.69 Å². The Bertz CT molecular complexity index is 465. The number of carbonyl (C=O) groups excluding carboxylic acids is 3. The summed E-state index contributed by atoms with van der Waals surface area (Å²) in [7, 11) is 0. The van der Waals surface area contributed by atoms with Crippen LogP contribution >= 0.6 is 0 Å². The lowest BCUT2D eigenvalue weighted by Crippen LogP contribution is -2.12. The van der Waals surface area contributed by atoms with E-state index in [1.165, 1.54) is 6.92 Å². The Morgan fingerprint density at radius 1 is 1.11 bits per heavy atom. The molecule has 0 aromatic heterocycles. The van der Waals surface area contributed by atoms with Crippen LogP contribution in [0.3, 0.4) is 0 Å². The van der Waals surface area contributed by atoms with Gasteiger partial charge in [0.25, 0.3) is 0 Å². The highest BCUT2D eigenvalue weighted by Crippen LogP contribution is 2.11. The number of rotatable bonds is 6. The van der Waals surface area contributed by atoms with E-state index in [0.717, 1.165) is 0 Å². The fraction of sp³-hybridized carbons (Fsp3) is 0.357. The van der Waals surface area contributed by atoms with Gasteiger partial charge in [0.2, 0.25) is 5.91 Å². The third-order valence-corrected chi connectivity index (χ3v) is 2.38. The van der Waals surface area contributed by atoms with Gasteiger partial charge in [0.15, 0.2) is 0 Å². The van der Waals surface area contributed by atoms with Crippen LogP contribution in [-0.2, 0) is 14.3 Å². The molecular weight excluding hydrogens is 246 g/mol. The van der Waals surface area contributed by atoms with Crippen molar-refractivity contribution in [1.82, 2.24) is 0 Å². The van der Waals surface area contributed by atoms with Gasteiger partial charge >= 0.3 is 5.97 Å². The van der Waals surface area contributed by atoms with Crippen molar-refractivity contribution >= 4 is 23.3 Å². The molecule has 0 aliphatic heterocycles. The molecule has 0 fully saturated rings. The van der Waals surface area contributed by atoms with Crippen LogP contribution in [0.15, 0.2) is 24.3 Å². The Balaban J connectivity index is 2.54. The van der Waals surface area contributed by atoms with E-state index in [4.69, 9.17) is 4.74 Å². The predicted octanol–water partition coefficient (Wildman–Crippen LogP) is 2.17. The monoisotopic (exact) mass is 263 g/mol. The first-order valence-electron chi connectivity index (χ1n) is 6.09. The minimum Gasteiger partial charge on any atom is -0.462 e. The number of ether oxygens (including phenoxy) is 1. The molecule has 1 amide bonds. The maximum atomic E-state index is 11.5. The van der Waals surface area contributed by atoms with Crippen molar-refractivity contribution in [1.29, 1.82) is 0 Å². The van der Waals surface area contributed by atoms with E-state index in [1.54, 1.807) is 31.2 Å². The molecule has 0 aliphatic rings. The molecule has 0 aliphatic carbocycles. The summed E-state index contributed by atoms with van der Waals surface area (Å²) in [6.45, 7) is 3.51. The Morgan fingerprint density at radius 2 is 1.74 bits per heavy atom. The van der Waals surface area contributed by atoms with Crippen LogP contribution in [0, 0.1) is 0 Å². The Kier molecular flexibility index (Phi) is 5.73. The summed E-state index contributed by atoms with van der Waals surface area (Å²) in [5, 5.41) is 2.65. The lowest BCUT2D eigenvalue weighted by Gasteiger charge is -2.06. The van der Waals surface area contributed by atoms with Crippen LogP contribution in [0.1, 0.15) is 37.0 Å². The molecule has 0 unspecified atom stereocenters. The van der Waals surface area contributed by atoms with E-state index in [0.29, 0.717) is 17.9 Å². The molecule has 0 heterocycles. The van der Waals surface area contributed by atoms with E-state index in [9.17, 15) is 14.4 Å². The van der Waals surface area contributed by atoms with Gasteiger partial charge in [-0.2, -0.15) is 0 Å². The molecule has 0 saturated carbocycles. The molecule has 0 atom stereocenters. The van der Waals surface area contributed by atoms with E-state index in [1.807, 2.05) is 0 Å². The van der Waals surface area contributed by atoms with Gasteiger partial charge in [-0.1, -0.05) is 0 Å². The first-order chi connectivity index (χ1) is 9.02. The number of amides is 1. The normalized spacial score (nSPS) is 9.79. The van der Waals surface area contributed by atoms with Gasteiger partial charge in [0.1, 0.15) is 5.78 Å². The summed E-state index contributed by atoms with van der Waals surface area (Å²) < 4.78 is 4.85. The summed E-state index contributed by atoms with van der Waals surface area (Å²) in [5.74, 6) is -0.635. The van der Waals surface area contributed by atoms with Crippen LogP contribution in [0.5, 0.6) is 0 Å². The second kappa shape index (κ2) is 7.31. The molecule has 0 radical (unpaired) electrons. The van der Waals surface area contributed by atoms with Crippen LogP contribution < -0.4 is 5.32 Å². The highest BCUT2D eigenvalue weighted by Gasteiger charge is 2.07. The number of carbonyl (C=O) groups is 3. The standard InChI is InChI=1S/C14H17NO4/c1-3-19-14(18)11-5-7-12(8-6-11)15-13(17)9-4-10(2)16/h5-8H,3-4,9H2,1-2H3,(H,15,17). The molecule has 19 heavy (non-hydrogen) atoms. The van der Waals surface area contributed by atoms with E-state index in [-0.39, 0.29) is 24.5 Å². The zero-order valence-electron chi connectivity index (χ0n) is 11.1. The molecule has 1 aromatic carbocycles. The molecule has 1 aromatic rings. The van der Waals surface area contributed by atoms with Crippen LogP contribution in [-0.4, -0.2) is 24.3 Å². The zero-order chi connectivity index (χ0) is 14.3. The second-order valence-electron chi connectivity index (χ2n) is 4.05. The van der Waals surface area contributed by atoms with Crippen LogP contribution in [0.25, 0.3) is 0 Å². The average molecular weight is 263 g/mol. The van der Waals surface area contributed by atoms with Gasteiger partial charge in [-0.25, -0.2) is 4.79 Å². The van der Waals surface area contributed by atoms with Gasteiger partial charge in [0, 0.05) is 18.5 Å².